The maximum atomic E-state index is 13.6. The monoisotopic (exact) mass is 573 g/mol. The van der Waals surface area contributed by atoms with Crippen molar-refractivity contribution < 1.29 is 41.9 Å². The number of hydrogen-bond acceptors (Lipinski definition) is 12. The lowest BCUT2D eigenvalue weighted by Crippen LogP contribution is -2.84. The number of carbonyl (C=O) groups is 2. The Balaban J connectivity index is 1.90. The highest BCUT2D eigenvalue weighted by Crippen LogP contribution is 2.42. The molecule has 1 atom stereocenters. The average Bonchev–Trinajstić information content (AvgIpc) is 3.24. The van der Waals surface area contributed by atoms with Crippen LogP contribution in [0.2, 0.25) is 0 Å². The van der Waals surface area contributed by atoms with Crippen molar-refractivity contribution in [3.63, 3.8) is 0 Å². The zero-order chi connectivity index (χ0) is 28.6. The third-order valence-electron chi connectivity index (χ3n) is 6.28. The first kappa shape index (κ1) is 29.1. The van der Waals surface area contributed by atoms with Gasteiger partial charge in [0.15, 0.2) is 10.9 Å². The van der Waals surface area contributed by atoms with E-state index in [-0.39, 0.29) is 41.7 Å². The van der Waals surface area contributed by atoms with Crippen LogP contribution in [0.25, 0.3) is 5.57 Å². The first-order valence-corrected chi connectivity index (χ1v) is 13.3. The predicted molar refractivity (Wildman–Crippen MR) is 133 cm³/mol. The first-order chi connectivity index (χ1) is 17.5. The molecule has 1 aliphatic heterocycles. The van der Waals surface area contributed by atoms with Gasteiger partial charge < -0.3 is 26.1 Å². The molecular formula is C21H27N5O10S2. The van der Waals surface area contributed by atoms with Gasteiger partial charge in [-0.25, -0.2) is 4.98 Å². The maximum absolute atomic E-state index is 13.6. The lowest BCUT2D eigenvalue weighted by Gasteiger charge is -2.57. The van der Waals surface area contributed by atoms with Crippen LogP contribution in [-0.4, -0.2) is 67.6 Å². The number of anilines is 1. The standard InChI is InChI=1S/C21H27N5O10S2/c1-5-11(8-35-9-12-6-14(27)15(28)7-25(12)31)16(13-10-37-19(22)23-13)17(29)24-21(4)18(30)26(20(21,2)3)36-38(32,33)34/h6-7,10,28,31H,5,8-9H2,1-4H3,(H2,22,23)(H,24,29)(H,32,33,34)/b16-11-/t21-/m1/s1. The Morgan fingerprint density at radius 2 is 1.95 bits per heavy atom. The van der Waals surface area contributed by atoms with Gasteiger partial charge in [-0.1, -0.05) is 6.92 Å². The van der Waals surface area contributed by atoms with Crippen LogP contribution in [0, 0.1) is 0 Å². The minimum absolute atomic E-state index is 0.0420. The van der Waals surface area contributed by atoms with Crippen LogP contribution in [-0.2, 0) is 35.6 Å². The number of nitrogen functional groups attached to an aromatic ring is 1. The molecule has 0 saturated carbocycles. The molecule has 0 bridgehead atoms. The van der Waals surface area contributed by atoms with Gasteiger partial charge in [0.05, 0.1) is 41.9 Å². The topological polar surface area (TPSA) is 224 Å². The molecule has 3 rings (SSSR count). The maximum Gasteiger partial charge on any atom is 0.418 e. The third kappa shape index (κ3) is 5.51. The van der Waals surface area contributed by atoms with Gasteiger partial charge in [0.25, 0.3) is 11.8 Å². The quantitative estimate of drug-likeness (QED) is 0.113. The number of rotatable bonds is 10. The van der Waals surface area contributed by atoms with Crippen LogP contribution in [0.3, 0.4) is 0 Å². The molecule has 2 aromatic rings. The van der Waals surface area contributed by atoms with Crippen LogP contribution < -0.4 is 16.5 Å². The van der Waals surface area contributed by atoms with E-state index in [0.717, 1.165) is 23.6 Å². The van der Waals surface area contributed by atoms with E-state index in [1.807, 2.05) is 0 Å². The molecule has 208 valence electrons. The summed E-state index contributed by atoms with van der Waals surface area (Å²) in [6.45, 7) is 5.57. The first-order valence-electron chi connectivity index (χ1n) is 11.0. The summed E-state index contributed by atoms with van der Waals surface area (Å²) in [4.78, 5) is 42.2. The van der Waals surface area contributed by atoms with Gasteiger partial charge >= 0.3 is 10.4 Å². The summed E-state index contributed by atoms with van der Waals surface area (Å²) in [5.41, 5.74) is 2.74. The molecule has 0 radical (unpaired) electrons. The molecule has 3 heterocycles. The van der Waals surface area contributed by atoms with E-state index in [9.17, 15) is 33.1 Å². The van der Waals surface area contributed by atoms with Gasteiger partial charge in [-0.05, 0) is 32.8 Å². The SMILES string of the molecule is CC/C(COCc1cc(=O)c(O)cn1O)=C(/C(=O)N[C@]1(C)C(=O)N(OS(=O)(=O)O)C1(C)C)c1csc(N)n1. The smallest absolute Gasteiger partial charge is 0.418 e. The summed E-state index contributed by atoms with van der Waals surface area (Å²) < 4.78 is 41.8. The second-order valence-electron chi connectivity index (χ2n) is 8.99. The Bertz CT molecular complexity index is 1460. The van der Waals surface area contributed by atoms with Crippen molar-refractivity contribution in [2.24, 2.45) is 0 Å². The number of β-lactam (4-membered cyclic amide) rings is 1. The summed E-state index contributed by atoms with van der Waals surface area (Å²) in [5, 5.41) is 24.1. The normalized spacial score (nSPS) is 19.6. The van der Waals surface area contributed by atoms with Gasteiger partial charge in [-0.15, -0.1) is 15.6 Å². The Labute approximate surface area is 221 Å². The van der Waals surface area contributed by atoms with E-state index in [0.29, 0.717) is 15.4 Å². The minimum atomic E-state index is -4.99. The average molecular weight is 574 g/mol. The van der Waals surface area contributed by atoms with Crippen LogP contribution in [0.5, 0.6) is 5.75 Å². The fraction of sp³-hybridized carbons (Fsp3) is 0.429. The second kappa shape index (κ2) is 10.3. The van der Waals surface area contributed by atoms with Crippen LogP contribution in [0.1, 0.15) is 45.5 Å². The van der Waals surface area contributed by atoms with Gasteiger partial charge in [-0.2, -0.15) is 18.2 Å². The third-order valence-corrected chi connectivity index (χ3v) is 7.29. The Hall–Kier alpha value is -3.51. The van der Waals surface area contributed by atoms with Crippen LogP contribution in [0.4, 0.5) is 5.13 Å². The van der Waals surface area contributed by atoms with E-state index >= 15 is 0 Å². The van der Waals surface area contributed by atoms with Gasteiger partial charge in [-0.3, -0.25) is 18.9 Å². The summed E-state index contributed by atoms with van der Waals surface area (Å²) >= 11 is 1.08. The molecule has 0 aromatic carbocycles. The van der Waals surface area contributed by atoms with E-state index in [1.165, 1.54) is 26.2 Å². The lowest BCUT2D eigenvalue weighted by atomic mass is 9.71. The molecule has 0 aliphatic carbocycles. The summed E-state index contributed by atoms with van der Waals surface area (Å²) in [5.74, 6) is -2.31. The molecule has 17 heteroatoms. The van der Waals surface area contributed by atoms with Crippen molar-refractivity contribution >= 4 is 44.3 Å². The van der Waals surface area contributed by atoms with E-state index in [4.69, 9.17) is 15.0 Å². The molecule has 15 nitrogen and oxygen atoms in total. The molecule has 1 saturated heterocycles. The lowest BCUT2D eigenvalue weighted by molar-refractivity contribution is -0.236. The number of ether oxygens (including phenoxy) is 1. The highest BCUT2D eigenvalue weighted by Gasteiger charge is 2.67. The molecule has 38 heavy (non-hydrogen) atoms. The summed E-state index contributed by atoms with van der Waals surface area (Å²) in [6.07, 6.45) is 1.11. The molecule has 1 fully saturated rings. The largest absolute Gasteiger partial charge is 0.503 e. The van der Waals surface area contributed by atoms with Crippen molar-refractivity contribution in [3.8, 4) is 5.75 Å². The van der Waals surface area contributed by atoms with Crippen molar-refractivity contribution in [2.45, 2.75) is 51.8 Å². The Morgan fingerprint density at radius 3 is 2.47 bits per heavy atom. The molecule has 6 N–H and O–H groups in total. The van der Waals surface area contributed by atoms with Crippen molar-refractivity contribution in [2.75, 3.05) is 12.3 Å². The van der Waals surface area contributed by atoms with Gasteiger partial charge in [0.2, 0.25) is 5.43 Å². The van der Waals surface area contributed by atoms with Crippen molar-refractivity contribution in [3.05, 3.63) is 44.8 Å². The molecule has 0 unspecified atom stereocenters. The highest BCUT2D eigenvalue weighted by atomic mass is 32.3. The Kier molecular flexibility index (Phi) is 7.90. The molecule has 1 aliphatic rings. The van der Waals surface area contributed by atoms with Crippen molar-refractivity contribution in [1.29, 1.82) is 0 Å². The van der Waals surface area contributed by atoms with Gasteiger partial charge in [0.1, 0.15) is 5.54 Å². The second-order valence-corrected chi connectivity index (χ2v) is 10.9. The number of pyridine rings is 1. The van der Waals surface area contributed by atoms with Gasteiger partial charge in [0, 0.05) is 11.4 Å². The zero-order valence-electron chi connectivity index (χ0n) is 20.8. The fourth-order valence-corrected chi connectivity index (χ4v) is 4.73. The van der Waals surface area contributed by atoms with E-state index in [1.54, 1.807) is 6.92 Å². The molecule has 2 amide bonds. The number of amides is 2. The number of hydrogen-bond donors (Lipinski definition) is 5. The minimum Gasteiger partial charge on any atom is -0.503 e. The Morgan fingerprint density at radius 1 is 1.29 bits per heavy atom. The summed E-state index contributed by atoms with van der Waals surface area (Å²) in [6, 6.07) is 0.991. The number of aromatic hydroxyl groups is 1. The van der Waals surface area contributed by atoms with Crippen molar-refractivity contribution in [1.82, 2.24) is 20.1 Å². The highest BCUT2D eigenvalue weighted by molar-refractivity contribution is 7.80. The molecular weight excluding hydrogens is 546 g/mol. The van der Waals surface area contributed by atoms with E-state index < -0.39 is 44.5 Å². The number of nitrogens with two attached hydrogens (primary N) is 1. The zero-order valence-corrected chi connectivity index (χ0v) is 22.4. The van der Waals surface area contributed by atoms with Crippen LogP contribution >= 0.6 is 11.3 Å². The summed E-state index contributed by atoms with van der Waals surface area (Å²) in [7, 11) is -4.99. The predicted octanol–water partition coefficient (Wildman–Crippen LogP) is 0.440. The number of carbonyl (C=O) groups excluding carboxylic acids is 2. The number of thiazole rings is 1. The number of aromatic nitrogens is 2. The number of hydroxylamine groups is 2. The number of nitrogens with zero attached hydrogens (tertiary/aromatic N) is 3. The number of nitrogens with one attached hydrogen (secondary N) is 1. The molecule has 2 aromatic heterocycles. The van der Waals surface area contributed by atoms with Crippen LogP contribution in [0.15, 0.2) is 28.0 Å². The van der Waals surface area contributed by atoms with E-state index in [2.05, 4.69) is 14.6 Å². The molecule has 0 spiro atoms. The fourth-order valence-electron chi connectivity index (χ4n) is 3.74.